The van der Waals surface area contributed by atoms with Gasteiger partial charge in [-0.1, -0.05) is 116 Å². The van der Waals surface area contributed by atoms with Crippen LogP contribution < -0.4 is 0 Å². The fourth-order valence-electron chi connectivity index (χ4n) is 3.85. The van der Waals surface area contributed by atoms with Crippen LogP contribution in [0, 0.1) is 0 Å². The third-order valence-electron chi connectivity index (χ3n) is 5.78. The van der Waals surface area contributed by atoms with Gasteiger partial charge in [0.15, 0.2) is 0 Å². The molecule has 0 aromatic heterocycles. The zero-order valence-corrected chi connectivity index (χ0v) is 20.2. The Bertz CT molecular complexity index is 375. The van der Waals surface area contributed by atoms with Crippen LogP contribution in [0.15, 0.2) is 0 Å². The highest BCUT2D eigenvalue weighted by molar-refractivity contribution is 7.48. The molecule has 0 saturated carbocycles. The Morgan fingerprint density at radius 2 is 0.966 bits per heavy atom. The summed E-state index contributed by atoms with van der Waals surface area (Å²) in [4.78, 5) is 0. The van der Waals surface area contributed by atoms with E-state index in [4.69, 9.17) is 13.6 Å². The number of hydrogen-bond donors (Lipinski definition) is 0. The first-order valence-electron chi connectivity index (χ1n) is 12.8. The average molecular weight is 433 g/mol. The van der Waals surface area contributed by atoms with E-state index in [1.807, 2.05) is 0 Å². The molecule has 174 valence electrons. The van der Waals surface area contributed by atoms with Crippen molar-refractivity contribution in [2.45, 2.75) is 135 Å². The maximum absolute atomic E-state index is 12.5. The average Bonchev–Trinajstić information content (AvgIpc) is 2.82. The number of phosphoric acid groups is 1. The number of phosphoric ester groups is 1. The minimum Gasteiger partial charge on any atom is -0.287 e. The molecule has 0 aromatic carbocycles. The Kier molecular flexibility index (Phi) is 18.8. The zero-order chi connectivity index (χ0) is 20.9. The van der Waals surface area contributed by atoms with Gasteiger partial charge in [-0.2, -0.15) is 0 Å². The van der Waals surface area contributed by atoms with Crippen LogP contribution in [0.1, 0.15) is 135 Å². The van der Waals surface area contributed by atoms with E-state index in [-0.39, 0.29) is 0 Å². The van der Waals surface area contributed by atoms with Crippen LogP contribution in [0.4, 0.5) is 0 Å². The molecule has 5 heteroatoms. The molecule has 0 atom stereocenters. The molecule has 0 bridgehead atoms. The normalized spacial score (nSPS) is 17.6. The Labute approximate surface area is 181 Å². The standard InChI is InChI=1S/C24H49O4P/c1-2-3-4-5-6-7-8-9-10-11-12-13-14-15-16-19-22-26-29(25)27-23-20-17-18-21-24-28-29/h2-24H2,1H3. The van der Waals surface area contributed by atoms with Crippen molar-refractivity contribution in [3.05, 3.63) is 0 Å². The van der Waals surface area contributed by atoms with Crippen molar-refractivity contribution in [2.24, 2.45) is 0 Å². The second-order valence-corrected chi connectivity index (χ2v) is 10.3. The largest absolute Gasteiger partial charge is 0.474 e. The summed E-state index contributed by atoms with van der Waals surface area (Å²) in [6, 6.07) is 0. The van der Waals surface area contributed by atoms with E-state index in [1.54, 1.807) is 0 Å². The lowest BCUT2D eigenvalue weighted by molar-refractivity contribution is 0.114. The molecule has 0 aliphatic carbocycles. The molecule has 29 heavy (non-hydrogen) atoms. The van der Waals surface area contributed by atoms with Gasteiger partial charge in [-0.05, 0) is 19.3 Å². The molecular weight excluding hydrogens is 383 g/mol. The first-order valence-corrected chi connectivity index (χ1v) is 14.3. The second-order valence-electron chi connectivity index (χ2n) is 8.66. The second kappa shape index (κ2) is 20.0. The Hall–Kier alpha value is 0.110. The highest BCUT2D eigenvalue weighted by atomic mass is 31.2. The number of rotatable bonds is 18. The molecule has 4 nitrogen and oxygen atoms in total. The lowest BCUT2D eigenvalue weighted by atomic mass is 10.0. The third-order valence-corrected chi connectivity index (χ3v) is 7.28. The fourth-order valence-corrected chi connectivity index (χ4v) is 5.13. The van der Waals surface area contributed by atoms with Crippen LogP contribution in [-0.4, -0.2) is 19.8 Å². The van der Waals surface area contributed by atoms with Gasteiger partial charge in [0.2, 0.25) is 0 Å². The third kappa shape index (κ3) is 17.5. The van der Waals surface area contributed by atoms with E-state index in [2.05, 4.69) is 6.92 Å². The van der Waals surface area contributed by atoms with E-state index in [0.717, 1.165) is 38.5 Å². The summed E-state index contributed by atoms with van der Waals surface area (Å²) < 4.78 is 28.7. The molecule has 0 aromatic rings. The van der Waals surface area contributed by atoms with Gasteiger partial charge in [-0.15, -0.1) is 0 Å². The molecule has 0 spiro atoms. The summed E-state index contributed by atoms with van der Waals surface area (Å²) in [5.74, 6) is 0. The maximum atomic E-state index is 12.5. The fraction of sp³-hybridized carbons (Fsp3) is 1.00. The van der Waals surface area contributed by atoms with Crippen molar-refractivity contribution in [2.75, 3.05) is 19.8 Å². The first-order chi connectivity index (χ1) is 14.3. The van der Waals surface area contributed by atoms with Gasteiger partial charge in [0.05, 0.1) is 19.8 Å². The minimum absolute atomic E-state index is 0.482. The lowest BCUT2D eigenvalue weighted by Gasteiger charge is -2.16. The van der Waals surface area contributed by atoms with Crippen molar-refractivity contribution >= 4 is 7.82 Å². The van der Waals surface area contributed by atoms with E-state index in [9.17, 15) is 4.57 Å². The first kappa shape index (κ1) is 27.1. The van der Waals surface area contributed by atoms with Crippen LogP contribution in [0.5, 0.6) is 0 Å². The van der Waals surface area contributed by atoms with Gasteiger partial charge in [0.1, 0.15) is 0 Å². The lowest BCUT2D eigenvalue weighted by Crippen LogP contribution is -2.02. The van der Waals surface area contributed by atoms with Crippen LogP contribution in [-0.2, 0) is 18.1 Å². The van der Waals surface area contributed by atoms with E-state index in [1.165, 1.54) is 89.9 Å². The highest BCUT2D eigenvalue weighted by Gasteiger charge is 2.26. The van der Waals surface area contributed by atoms with Gasteiger partial charge >= 0.3 is 7.82 Å². The Balaban J connectivity index is 1.81. The quantitative estimate of drug-likeness (QED) is 0.160. The van der Waals surface area contributed by atoms with Crippen LogP contribution >= 0.6 is 7.82 Å². The Morgan fingerprint density at radius 3 is 1.38 bits per heavy atom. The minimum atomic E-state index is -3.30. The van der Waals surface area contributed by atoms with Crippen LogP contribution in [0.2, 0.25) is 0 Å². The molecule has 1 heterocycles. The number of unbranched alkanes of at least 4 members (excludes halogenated alkanes) is 15. The molecule has 1 aliphatic rings. The van der Waals surface area contributed by atoms with Crippen molar-refractivity contribution in [1.29, 1.82) is 0 Å². The van der Waals surface area contributed by atoms with Crippen molar-refractivity contribution < 1.29 is 18.1 Å². The molecule has 1 saturated heterocycles. The monoisotopic (exact) mass is 432 g/mol. The predicted octanol–water partition coefficient (Wildman–Crippen LogP) is 8.98. The number of hydrogen-bond acceptors (Lipinski definition) is 4. The molecule has 1 aliphatic heterocycles. The summed E-state index contributed by atoms with van der Waals surface area (Å²) in [6.07, 6.45) is 25.7. The molecule has 1 fully saturated rings. The maximum Gasteiger partial charge on any atom is 0.474 e. The van der Waals surface area contributed by atoms with Crippen molar-refractivity contribution in [3.63, 3.8) is 0 Å². The van der Waals surface area contributed by atoms with E-state index >= 15 is 0 Å². The summed E-state index contributed by atoms with van der Waals surface area (Å²) in [5, 5.41) is 0. The van der Waals surface area contributed by atoms with Gasteiger partial charge in [-0.25, -0.2) is 4.57 Å². The molecular formula is C24H49O4P. The van der Waals surface area contributed by atoms with Crippen molar-refractivity contribution in [3.8, 4) is 0 Å². The molecule has 0 N–H and O–H groups in total. The van der Waals surface area contributed by atoms with E-state index in [0.29, 0.717) is 19.8 Å². The van der Waals surface area contributed by atoms with E-state index < -0.39 is 7.82 Å². The SMILES string of the molecule is CCCCCCCCCCCCCCCCCCOP1(=O)OCCCCCCO1. The topological polar surface area (TPSA) is 44.8 Å². The predicted molar refractivity (Wildman–Crippen MR) is 123 cm³/mol. The summed E-state index contributed by atoms with van der Waals surface area (Å²) in [5.41, 5.74) is 0. The molecule has 0 unspecified atom stereocenters. The smallest absolute Gasteiger partial charge is 0.287 e. The van der Waals surface area contributed by atoms with Gasteiger partial charge in [-0.3, -0.25) is 13.6 Å². The van der Waals surface area contributed by atoms with Crippen LogP contribution in [0.25, 0.3) is 0 Å². The van der Waals surface area contributed by atoms with Gasteiger partial charge in [0, 0.05) is 0 Å². The zero-order valence-electron chi connectivity index (χ0n) is 19.3. The highest BCUT2D eigenvalue weighted by Crippen LogP contribution is 2.50. The van der Waals surface area contributed by atoms with Gasteiger partial charge in [0.25, 0.3) is 0 Å². The molecule has 1 rings (SSSR count). The summed E-state index contributed by atoms with van der Waals surface area (Å²) in [6.45, 7) is 3.73. The van der Waals surface area contributed by atoms with Crippen LogP contribution in [0.3, 0.4) is 0 Å². The molecule has 0 amide bonds. The summed E-state index contributed by atoms with van der Waals surface area (Å²) >= 11 is 0. The molecule has 0 radical (unpaired) electrons. The summed E-state index contributed by atoms with van der Waals surface area (Å²) in [7, 11) is -3.30. The van der Waals surface area contributed by atoms with Gasteiger partial charge < -0.3 is 0 Å². The van der Waals surface area contributed by atoms with Crippen molar-refractivity contribution in [1.82, 2.24) is 0 Å². The Morgan fingerprint density at radius 1 is 0.586 bits per heavy atom.